The molecule has 128 valence electrons. The highest BCUT2D eigenvalue weighted by atomic mass is 16.2. The molecule has 0 radical (unpaired) electrons. The van der Waals surface area contributed by atoms with Crippen LogP contribution in [0.5, 0.6) is 0 Å². The summed E-state index contributed by atoms with van der Waals surface area (Å²) in [5.41, 5.74) is 7.20. The van der Waals surface area contributed by atoms with E-state index in [0.29, 0.717) is 22.8 Å². The molecule has 7 heteroatoms. The Morgan fingerprint density at radius 2 is 1.88 bits per heavy atom. The van der Waals surface area contributed by atoms with Crippen LogP contribution in [0.25, 0.3) is 22.6 Å². The summed E-state index contributed by atoms with van der Waals surface area (Å²) in [4.78, 5) is 30.0. The first kappa shape index (κ1) is 15.9. The van der Waals surface area contributed by atoms with Crippen LogP contribution in [0.4, 0.5) is 0 Å². The minimum atomic E-state index is -0.282. The number of nitrogens with one attached hydrogen (secondary N) is 1. The Kier molecular flexibility index (Phi) is 3.89. The number of aromatic nitrogens is 5. The van der Waals surface area contributed by atoms with Crippen molar-refractivity contribution in [2.75, 3.05) is 5.43 Å². The summed E-state index contributed by atoms with van der Waals surface area (Å²) >= 11 is 0. The fraction of sp³-hybridized carbons (Fsp3) is 0.105. The van der Waals surface area contributed by atoms with Crippen molar-refractivity contribution in [3.05, 3.63) is 71.9 Å². The zero-order valence-corrected chi connectivity index (χ0v) is 14.3. The van der Waals surface area contributed by atoms with E-state index in [-0.39, 0.29) is 5.91 Å². The molecule has 0 atom stereocenters. The number of fused-ring (bicyclic) bond motifs is 1. The van der Waals surface area contributed by atoms with E-state index in [1.807, 2.05) is 43.5 Å². The molecule has 4 heterocycles. The van der Waals surface area contributed by atoms with Crippen LogP contribution in [0.15, 0.2) is 55.1 Å². The Bertz CT molecular complexity index is 1100. The third-order valence-electron chi connectivity index (χ3n) is 4.08. The monoisotopic (exact) mass is 344 g/mol. The van der Waals surface area contributed by atoms with Crippen LogP contribution in [-0.4, -0.2) is 30.5 Å². The molecule has 0 saturated heterocycles. The van der Waals surface area contributed by atoms with Crippen LogP contribution >= 0.6 is 0 Å². The van der Waals surface area contributed by atoms with Crippen LogP contribution in [0.2, 0.25) is 0 Å². The highest BCUT2D eigenvalue weighted by Gasteiger charge is 2.15. The van der Waals surface area contributed by atoms with Crippen molar-refractivity contribution in [3.63, 3.8) is 0 Å². The SMILES string of the molecule is Cc1nc(-c2ccccn2)ncc1C(=O)Nn1cc(C)c2ncccc21. The van der Waals surface area contributed by atoms with Crippen molar-refractivity contribution in [2.24, 2.45) is 0 Å². The van der Waals surface area contributed by atoms with Gasteiger partial charge in [0, 0.05) is 24.8 Å². The zero-order valence-electron chi connectivity index (χ0n) is 14.3. The van der Waals surface area contributed by atoms with E-state index in [2.05, 4.69) is 25.4 Å². The van der Waals surface area contributed by atoms with E-state index < -0.39 is 0 Å². The molecule has 1 amide bonds. The lowest BCUT2D eigenvalue weighted by Crippen LogP contribution is -2.23. The summed E-state index contributed by atoms with van der Waals surface area (Å²) in [7, 11) is 0. The minimum Gasteiger partial charge on any atom is -0.267 e. The second-order valence-corrected chi connectivity index (χ2v) is 5.90. The lowest BCUT2D eigenvalue weighted by molar-refractivity contribution is 0.101. The number of rotatable bonds is 3. The minimum absolute atomic E-state index is 0.282. The lowest BCUT2D eigenvalue weighted by Gasteiger charge is -2.10. The first-order valence-electron chi connectivity index (χ1n) is 8.12. The predicted molar refractivity (Wildman–Crippen MR) is 98.2 cm³/mol. The molecule has 26 heavy (non-hydrogen) atoms. The maximum Gasteiger partial charge on any atom is 0.273 e. The van der Waals surface area contributed by atoms with Gasteiger partial charge in [-0.25, -0.2) is 9.97 Å². The molecule has 7 nitrogen and oxygen atoms in total. The molecule has 4 aromatic rings. The molecule has 4 aromatic heterocycles. The van der Waals surface area contributed by atoms with Gasteiger partial charge < -0.3 is 0 Å². The average molecular weight is 344 g/mol. The number of carbonyl (C=O) groups is 1. The standard InChI is InChI=1S/C19H16N6O/c1-12-11-25(16-7-5-9-21-17(12)16)24-19(26)14-10-22-18(23-13(14)2)15-6-3-4-8-20-15/h3-11H,1-2H3,(H,24,26). The number of amides is 1. The topological polar surface area (TPSA) is 85.6 Å². The Morgan fingerprint density at radius 3 is 2.65 bits per heavy atom. The highest BCUT2D eigenvalue weighted by Crippen LogP contribution is 2.18. The van der Waals surface area contributed by atoms with Crippen LogP contribution in [-0.2, 0) is 0 Å². The third kappa shape index (κ3) is 2.79. The van der Waals surface area contributed by atoms with E-state index in [1.165, 1.54) is 6.20 Å². The number of nitrogens with zero attached hydrogens (tertiary/aromatic N) is 5. The number of pyridine rings is 2. The summed E-state index contributed by atoms with van der Waals surface area (Å²) in [6.07, 6.45) is 6.78. The Morgan fingerprint density at radius 1 is 1.04 bits per heavy atom. The summed E-state index contributed by atoms with van der Waals surface area (Å²) in [5.74, 6) is 0.210. The number of hydrogen-bond acceptors (Lipinski definition) is 5. The predicted octanol–water partition coefficient (Wildman–Crippen LogP) is 2.89. The number of aryl methyl sites for hydroxylation is 2. The molecule has 1 N–H and O–H groups in total. The van der Waals surface area contributed by atoms with Crippen molar-refractivity contribution in [1.82, 2.24) is 24.6 Å². The van der Waals surface area contributed by atoms with E-state index in [4.69, 9.17) is 0 Å². The summed E-state index contributed by atoms with van der Waals surface area (Å²) in [5, 5.41) is 0. The molecule has 4 rings (SSSR count). The second-order valence-electron chi connectivity index (χ2n) is 5.90. The van der Waals surface area contributed by atoms with Crippen molar-refractivity contribution < 1.29 is 4.79 Å². The maximum absolute atomic E-state index is 12.7. The fourth-order valence-electron chi connectivity index (χ4n) is 2.79. The summed E-state index contributed by atoms with van der Waals surface area (Å²) in [6.45, 7) is 3.73. The maximum atomic E-state index is 12.7. The van der Waals surface area contributed by atoms with Gasteiger partial charge in [-0.15, -0.1) is 0 Å². The average Bonchev–Trinajstić information content (AvgIpc) is 2.98. The van der Waals surface area contributed by atoms with Crippen LogP contribution in [0, 0.1) is 13.8 Å². The van der Waals surface area contributed by atoms with Gasteiger partial charge in [-0.1, -0.05) is 6.07 Å². The van der Waals surface area contributed by atoms with E-state index in [0.717, 1.165) is 16.6 Å². The van der Waals surface area contributed by atoms with Gasteiger partial charge >= 0.3 is 0 Å². The third-order valence-corrected chi connectivity index (χ3v) is 4.08. The van der Waals surface area contributed by atoms with Crippen molar-refractivity contribution in [3.8, 4) is 11.5 Å². The van der Waals surface area contributed by atoms with Crippen LogP contribution in [0.3, 0.4) is 0 Å². The smallest absolute Gasteiger partial charge is 0.267 e. The van der Waals surface area contributed by atoms with E-state index in [1.54, 1.807) is 24.0 Å². The molecule has 0 aliphatic carbocycles. The van der Waals surface area contributed by atoms with Gasteiger partial charge in [-0.3, -0.25) is 24.9 Å². The normalized spacial score (nSPS) is 10.8. The molecule has 0 unspecified atom stereocenters. The van der Waals surface area contributed by atoms with Gasteiger partial charge in [0.25, 0.3) is 5.91 Å². The van der Waals surface area contributed by atoms with Gasteiger partial charge in [-0.2, -0.15) is 0 Å². The summed E-state index contributed by atoms with van der Waals surface area (Å²) in [6, 6.07) is 9.27. The van der Waals surface area contributed by atoms with E-state index in [9.17, 15) is 4.79 Å². The lowest BCUT2D eigenvalue weighted by atomic mass is 10.2. The van der Waals surface area contributed by atoms with Crippen LogP contribution in [0.1, 0.15) is 21.6 Å². The number of carbonyl (C=O) groups excluding carboxylic acids is 1. The molecular weight excluding hydrogens is 328 g/mol. The quantitative estimate of drug-likeness (QED) is 0.618. The van der Waals surface area contributed by atoms with Crippen molar-refractivity contribution in [1.29, 1.82) is 0 Å². The second kappa shape index (κ2) is 6.36. The Balaban J connectivity index is 1.64. The molecule has 0 saturated carbocycles. The Labute approximate surface area is 149 Å². The van der Waals surface area contributed by atoms with Crippen molar-refractivity contribution in [2.45, 2.75) is 13.8 Å². The van der Waals surface area contributed by atoms with Gasteiger partial charge in [-0.05, 0) is 43.7 Å². The van der Waals surface area contributed by atoms with Gasteiger partial charge in [0.1, 0.15) is 5.69 Å². The first-order valence-corrected chi connectivity index (χ1v) is 8.12. The molecule has 0 aliphatic rings. The zero-order chi connectivity index (χ0) is 18.1. The van der Waals surface area contributed by atoms with Gasteiger partial charge in [0.15, 0.2) is 5.82 Å². The fourth-order valence-corrected chi connectivity index (χ4v) is 2.79. The number of hydrogen-bond donors (Lipinski definition) is 1. The molecular formula is C19H16N6O. The molecule has 0 bridgehead atoms. The first-order chi connectivity index (χ1) is 12.6. The largest absolute Gasteiger partial charge is 0.273 e. The van der Waals surface area contributed by atoms with Gasteiger partial charge in [0.2, 0.25) is 0 Å². The van der Waals surface area contributed by atoms with Crippen LogP contribution < -0.4 is 5.43 Å². The van der Waals surface area contributed by atoms with Crippen molar-refractivity contribution >= 4 is 16.9 Å². The molecule has 0 spiro atoms. The Hall–Kier alpha value is -3.61. The molecule has 0 aromatic carbocycles. The summed E-state index contributed by atoms with van der Waals surface area (Å²) < 4.78 is 1.67. The molecule has 0 fully saturated rings. The molecule has 0 aliphatic heterocycles. The van der Waals surface area contributed by atoms with Gasteiger partial charge in [0.05, 0.1) is 22.3 Å². The van der Waals surface area contributed by atoms with E-state index >= 15 is 0 Å². The highest BCUT2D eigenvalue weighted by molar-refractivity contribution is 6.01.